The molecule has 0 bridgehead atoms. The molecule has 0 saturated carbocycles. The minimum absolute atomic E-state index is 0.569. The lowest BCUT2D eigenvalue weighted by Crippen LogP contribution is -2.37. The van der Waals surface area contributed by atoms with Crippen molar-refractivity contribution in [2.45, 2.75) is 19.4 Å². The number of amides is 1. The molecule has 0 spiro atoms. The quantitative estimate of drug-likeness (QED) is 0.349. The number of oxazole rings is 1. The molecule has 27 heavy (non-hydrogen) atoms. The van der Waals surface area contributed by atoms with Crippen LogP contribution in [0.1, 0.15) is 12.6 Å². The summed E-state index contributed by atoms with van der Waals surface area (Å²) >= 11 is 0. The van der Waals surface area contributed by atoms with Crippen LogP contribution in [-0.4, -0.2) is 28.7 Å². The Kier molecular flexibility index (Phi) is 8.02. The van der Waals surface area contributed by atoms with Crippen molar-refractivity contribution >= 4 is 5.91 Å². The number of nitrogens with one attached hydrogen (secondary N) is 1. The van der Waals surface area contributed by atoms with Crippen LogP contribution in [0, 0.1) is 0 Å². The van der Waals surface area contributed by atoms with E-state index in [0.29, 0.717) is 12.5 Å². The number of benzene rings is 2. The average molecular weight is 369 g/mol. The number of aliphatic hydroxyl groups excluding tert-OH is 1. The molecule has 1 heterocycles. The van der Waals surface area contributed by atoms with Gasteiger partial charge in [0.1, 0.15) is 18.1 Å². The number of carbonyl (C=O) groups excluding carboxylic acids is 1. The van der Waals surface area contributed by atoms with Gasteiger partial charge in [-0.15, -0.1) is 0 Å². The summed E-state index contributed by atoms with van der Waals surface area (Å²) in [4.78, 5) is 14.5. The van der Waals surface area contributed by atoms with E-state index in [1.165, 1.54) is 6.92 Å². The molecule has 1 aromatic heterocycles. The number of para-hydroxylation sites is 1. The smallest absolute Gasteiger partial charge is 0.262 e. The second-order valence-corrected chi connectivity index (χ2v) is 5.61. The first-order chi connectivity index (χ1) is 13.1. The Bertz CT molecular complexity index is 804. The van der Waals surface area contributed by atoms with Crippen LogP contribution in [0.5, 0.6) is 5.75 Å². The minimum Gasteiger partial charge on any atom is -0.493 e. The Labute approximate surface area is 157 Å². The van der Waals surface area contributed by atoms with Crippen molar-refractivity contribution in [1.29, 1.82) is 0 Å². The van der Waals surface area contributed by atoms with E-state index in [9.17, 15) is 4.79 Å². The van der Waals surface area contributed by atoms with Gasteiger partial charge in [0.15, 0.2) is 0 Å². The van der Waals surface area contributed by atoms with Gasteiger partial charge in [0.2, 0.25) is 5.89 Å². The molecular formula is C20H23N3O4. The normalized spacial score (nSPS) is 11.1. The number of carbonyl (C=O) groups is 1. The third-order valence-electron chi connectivity index (χ3n) is 3.46. The fraction of sp³-hybridized carbons (Fsp3) is 0.200. The van der Waals surface area contributed by atoms with Gasteiger partial charge in [-0.2, -0.15) is 0 Å². The number of aromatic nitrogens is 1. The molecule has 3 aromatic rings. The van der Waals surface area contributed by atoms with Gasteiger partial charge in [-0.05, 0) is 31.2 Å². The number of aliphatic hydroxyl groups is 1. The Morgan fingerprint density at radius 2 is 1.81 bits per heavy atom. The molecule has 2 aromatic carbocycles. The monoisotopic (exact) mass is 369 g/mol. The van der Waals surface area contributed by atoms with E-state index in [2.05, 4.69) is 10.8 Å². The molecule has 1 atom stereocenters. The number of nitrogens with two attached hydrogens (primary N) is 1. The van der Waals surface area contributed by atoms with Gasteiger partial charge in [0.25, 0.3) is 5.91 Å². The molecule has 3 rings (SSSR count). The number of rotatable bonds is 6. The first-order valence-corrected chi connectivity index (χ1v) is 8.46. The lowest BCUT2D eigenvalue weighted by atomic mass is 10.2. The molecule has 0 aliphatic carbocycles. The van der Waals surface area contributed by atoms with Gasteiger partial charge in [0.05, 0.1) is 12.3 Å². The molecule has 142 valence electrons. The van der Waals surface area contributed by atoms with Gasteiger partial charge >= 0.3 is 0 Å². The summed E-state index contributed by atoms with van der Waals surface area (Å²) in [5.74, 6) is 5.57. The summed E-state index contributed by atoms with van der Waals surface area (Å²) in [6.45, 7) is 1.92. The fourth-order valence-corrected chi connectivity index (χ4v) is 2.05. The number of ether oxygens (including phenoxy) is 1. The van der Waals surface area contributed by atoms with Crippen LogP contribution in [0.4, 0.5) is 0 Å². The molecule has 0 radical (unpaired) electrons. The van der Waals surface area contributed by atoms with Crippen molar-refractivity contribution in [3.8, 4) is 17.2 Å². The highest BCUT2D eigenvalue weighted by Crippen LogP contribution is 2.18. The summed E-state index contributed by atoms with van der Waals surface area (Å²) in [6.07, 6.45) is 1.41. The maximum absolute atomic E-state index is 10.0. The number of nitrogens with zero attached hydrogens (tertiary/aromatic N) is 1. The van der Waals surface area contributed by atoms with Crippen molar-refractivity contribution in [2.24, 2.45) is 5.84 Å². The van der Waals surface area contributed by atoms with Gasteiger partial charge in [-0.25, -0.2) is 10.8 Å². The Hall–Kier alpha value is -3.16. The highest BCUT2D eigenvalue weighted by atomic mass is 16.5. The molecule has 7 nitrogen and oxygen atoms in total. The molecule has 0 fully saturated rings. The summed E-state index contributed by atoms with van der Waals surface area (Å²) in [5.41, 5.74) is 3.67. The van der Waals surface area contributed by atoms with Crippen LogP contribution in [-0.2, 0) is 11.2 Å². The van der Waals surface area contributed by atoms with Crippen LogP contribution in [0.15, 0.2) is 71.3 Å². The zero-order chi connectivity index (χ0) is 19.5. The van der Waals surface area contributed by atoms with Gasteiger partial charge < -0.3 is 14.3 Å². The summed E-state index contributed by atoms with van der Waals surface area (Å²) < 4.78 is 11.1. The predicted octanol–water partition coefficient (Wildman–Crippen LogP) is 2.32. The van der Waals surface area contributed by atoms with Crippen LogP contribution in [0.3, 0.4) is 0 Å². The molecule has 0 aliphatic rings. The number of hydrogen-bond acceptors (Lipinski definition) is 6. The van der Waals surface area contributed by atoms with E-state index in [1.54, 1.807) is 11.7 Å². The Morgan fingerprint density at radius 3 is 2.37 bits per heavy atom. The van der Waals surface area contributed by atoms with Crippen LogP contribution in [0.25, 0.3) is 11.5 Å². The zero-order valence-corrected chi connectivity index (χ0v) is 15.0. The van der Waals surface area contributed by atoms with Gasteiger partial charge in [-0.1, -0.05) is 36.4 Å². The van der Waals surface area contributed by atoms with Crippen LogP contribution < -0.4 is 16.0 Å². The van der Waals surface area contributed by atoms with Crippen molar-refractivity contribution in [2.75, 3.05) is 6.61 Å². The second-order valence-electron chi connectivity index (χ2n) is 5.61. The van der Waals surface area contributed by atoms with E-state index in [4.69, 9.17) is 14.3 Å². The van der Waals surface area contributed by atoms with E-state index < -0.39 is 12.0 Å². The Morgan fingerprint density at radius 1 is 1.19 bits per heavy atom. The molecule has 7 heteroatoms. The molecular weight excluding hydrogens is 346 g/mol. The van der Waals surface area contributed by atoms with Crippen molar-refractivity contribution in [3.63, 3.8) is 0 Å². The predicted molar refractivity (Wildman–Crippen MR) is 102 cm³/mol. The topological polar surface area (TPSA) is 111 Å². The molecule has 0 saturated heterocycles. The van der Waals surface area contributed by atoms with Crippen molar-refractivity contribution in [3.05, 3.63) is 72.6 Å². The van der Waals surface area contributed by atoms with E-state index in [0.717, 1.165) is 23.4 Å². The maximum atomic E-state index is 10.0. The largest absolute Gasteiger partial charge is 0.493 e. The standard InChI is InChI=1S/C17H15NO2.C3H8N2O2/c1-3-7-14(8-4-1)17-18-15(13-20-17)11-12-19-16-9-5-2-6-10-16;1-2(6)3(7)5-4/h1-10,13H,11-12H2;2,6H,4H2,1H3,(H,5,7). The lowest BCUT2D eigenvalue weighted by Gasteiger charge is -2.03. The van der Waals surface area contributed by atoms with Crippen molar-refractivity contribution in [1.82, 2.24) is 10.4 Å². The summed E-state index contributed by atoms with van der Waals surface area (Å²) in [7, 11) is 0. The minimum atomic E-state index is -1.01. The number of hydrogen-bond donors (Lipinski definition) is 3. The van der Waals surface area contributed by atoms with E-state index >= 15 is 0 Å². The molecule has 1 amide bonds. The fourth-order valence-electron chi connectivity index (χ4n) is 2.05. The highest BCUT2D eigenvalue weighted by Gasteiger charge is 2.06. The van der Waals surface area contributed by atoms with Crippen LogP contribution in [0.2, 0.25) is 0 Å². The lowest BCUT2D eigenvalue weighted by molar-refractivity contribution is -0.128. The molecule has 0 aliphatic heterocycles. The van der Waals surface area contributed by atoms with Crippen molar-refractivity contribution < 1.29 is 19.1 Å². The Balaban J connectivity index is 0.000000321. The first kappa shape index (κ1) is 20.2. The first-order valence-electron chi connectivity index (χ1n) is 8.46. The maximum Gasteiger partial charge on any atom is 0.262 e. The molecule has 1 unspecified atom stereocenters. The third-order valence-corrected chi connectivity index (χ3v) is 3.46. The third kappa shape index (κ3) is 6.93. The average Bonchev–Trinajstić information content (AvgIpc) is 3.18. The number of hydrazine groups is 1. The van der Waals surface area contributed by atoms with E-state index in [1.807, 2.05) is 60.7 Å². The second kappa shape index (κ2) is 10.7. The molecule has 4 N–H and O–H groups in total. The van der Waals surface area contributed by atoms with E-state index in [-0.39, 0.29) is 0 Å². The van der Waals surface area contributed by atoms with Gasteiger partial charge in [0, 0.05) is 12.0 Å². The zero-order valence-electron chi connectivity index (χ0n) is 15.0. The SMILES string of the molecule is CC(O)C(=O)NN.c1ccc(OCCc2coc(-c3ccccc3)n2)cc1. The summed E-state index contributed by atoms with van der Waals surface area (Å²) in [5, 5.41) is 8.33. The summed E-state index contributed by atoms with van der Waals surface area (Å²) in [6, 6.07) is 19.6. The van der Waals surface area contributed by atoms with Gasteiger partial charge in [-0.3, -0.25) is 10.2 Å². The van der Waals surface area contributed by atoms with Crippen LogP contribution >= 0.6 is 0 Å². The highest BCUT2D eigenvalue weighted by molar-refractivity contribution is 5.79.